The molecule has 158 valence electrons. The number of carbonyl (C=O) groups is 1. The molecule has 1 saturated heterocycles. The minimum absolute atomic E-state index is 0.0502. The third kappa shape index (κ3) is 4.52. The molecule has 2 fully saturated rings. The molecule has 5 heteroatoms. The lowest BCUT2D eigenvalue weighted by Gasteiger charge is -2.51. The molecule has 0 aromatic rings. The number of aliphatic hydroxyl groups is 3. The van der Waals surface area contributed by atoms with Gasteiger partial charge >= 0.3 is 0 Å². The van der Waals surface area contributed by atoms with Crippen molar-refractivity contribution in [3.05, 3.63) is 35.3 Å². The summed E-state index contributed by atoms with van der Waals surface area (Å²) < 4.78 is 0. The van der Waals surface area contributed by atoms with Crippen molar-refractivity contribution in [3.8, 4) is 0 Å². The molecule has 1 saturated carbocycles. The van der Waals surface area contributed by atoms with Crippen molar-refractivity contribution in [1.29, 1.82) is 0 Å². The van der Waals surface area contributed by atoms with Gasteiger partial charge in [0, 0.05) is 36.4 Å². The number of aliphatic hydroxyl groups excluding tert-OH is 3. The van der Waals surface area contributed by atoms with Gasteiger partial charge in [0.1, 0.15) is 5.78 Å². The standard InChI is InChI=1S/C23H37NO4/c1-6-15(4)20(21(27)19(26)8-3)23(13-18(25)7-2)11-12-24(14-17-9-10-17)16(5)22(23)28/h8,16-17,22,26-28H,3,6-7,9-14H2,1-2,4-5H3/b20-15-,21-19-/t16-,22?,23?/m1/s1. The van der Waals surface area contributed by atoms with Crippen LogP contribution in [-0.2, 0) is 4.79 Å². The van der Waals surface area contributed by atoms with Crippen LogP contribution < -0.4 is 0 Å². The Morgan fingerprint density at radius 2 is 1.89 bits per heavy atom. The van der Waals surface area contributed by atoms with Crippen molar-refractivity contribution in [2.75, 3.05) is 13.1 Å². The highest BCUT2D eigenvalue weighted by Crippen LogP contribution is 2.49. The number of allylic oxidation sites excluding steroid dienone is 3. The molecule has 0 amide bonds. The van der Waals surface area contributed by atoms with Gasteiger partial charge in [0.25, 0.3) is 0 Å². The monoisotopic (exact) mass is 391 g/mol. The number of hydrogen-bond acceptors (Lipinski definition) is 5. The maximum Gasteiger partial charge on any atom is 0.161 e. The third-order valence-electron chi connectivity index (χ3n) is 6.67. The summed E-state index contributed by atoms with van der Waals surface area (Å²) >= 11 is 0. The van der Waals surface area contributed by atoms with Crippen LogP contribution >= 0.6 is 0 Å². The molecule has 0 aromatic heterocycles. The van der Waals surface area contributed by atoms with E-state index in [0.717, 1.165) is 18.7 Å². The van der Waals surface area contributed by atoms with Crippen LogP contribution in [0.15, 0.2) is 35.3 Å². The molecule has 2 aliphatic rings. The lowest BCUT2D eigenvalue weighted by Crippen LogP contribution is -2.58. The van der Waals surface area contributed by atoms with E-state index in [9.17, 15) is 20.1 Å². The molecule has 0 spiro atoms. The highest BCUT2D eigenvalue weighted by atomic mass is 16.3. The second-order valence-electron chi connectivity index (χ2n) is 8.55. The van der Waals surface area contributed by atoms with Gasteiger partial charge in [0.05, 0.1) is 6.10 Å². The van der Waals surface area contributed by atoms with E-state index in [1.54, 1.807) is 0 Å². The number of piperidine rings is 1. The van der Waals surface area contributed by atoms with Gasteiger partial charge in [-0.1, -0.05) is 26.0 Å². The zero-order valence-corrected chi connectivity index (χ0v) is 17.9. The van der Waals surface area contributed by atoms with Crippen LogP contribution in [-0.4, -0.2) is 51.2 Å². The molecule has 2 rings (SSSR count). The van der Waals surface area contributed by atoms with Crippen LogP contribution in [0.2, 0.25) is 0 Å². The zero-order valence-electron chi connectivity index (χ0n) is 17.9. The highest BCUT2D eigenvalue weighted by molar-refractivity contribution is 5.79. The molecule has 0 radical (unpaired) electrons. The maximum atomic E-state index is 12.6. The molecule has 3 atom stereocenters. The molecule has 0 bridgehead atoms. The first-order valence-corrected chi connectivity index (χ1v) is 10.6. The van der Waals surface area contributed by atoms with Gasteiger partial charge in [-0.2, -0.15) is 0 Å². The summed E-state index contributed by atoms with van der Waals surface area (Å²) in [6, 6.07) is -0.127. The first kappa shape index (κ1) is 22.7. The van der Waals surface area contributed by atoms with Crippen molar-refractivity contribution in [2.24, 2.45) is 11.3 Å². The normalized spacial score (nSPS) is 30.5. The average molecular weight is 392 g/mol. The summed E-state index contributed by atoms with van der Waals surface area (Å²) in [5.41, 5.74) is 0.476. The number of nitrogens with zero attached hydrogens (tertiary/aromatic N) is 1. The Morgan fingerprint density at radius 1 is 1.25 bits per heavy atom. The van der Waals surface area contributed by atoms with E-state index in [-0.39, 0.29) is 29.8 Å². The maximum absolute atomic E-state index is 12.6. The number of hydrogen-bond donors (Lipinski definition) is 3. The summed E-state index contributed by atoms with van der Waals surface area (Å²) in [5.74, 6) is 0.186. The number of likely N-dealkylation sites (tertiary alicyclic amines) is 1. The summed E-state index contributed by atoms with van der Waals surface area (Å²) in [6.45, 7) is 13.0. The summed E-state index contributed by atoms with van der Waals surface area (Å²) in [6.07, 6.45) is 4.64. The Balaban J connectivity index is 2.55. The van der Waals surface area contributed by atoms with Crippen molar-refractivity contribution in [3.63, 3.8) is 0 Å². The fourth-order valence-corrected chi connectivity index (χ4v) is 4.54. The fraction of sp³-hybridized carbons (Fsp3) is 0.696. The Labute approximate surface area is 169 Å². The lowest BCUT2D eigenvalue weighted by atomic mass is 9.63. The van der Waals surface area contributed by atoms with Crippen molar-refractivity contribution < 1.29 is 20.1 Å². The van der Waals surface area contributed by atoms with Crippen molar-refractivity contribution in [1.82, 2.24) is 4.90 Å². The number of carbonyl (C=O) groups excluding carboxylic acids is 1. The Kier molecular flexibility index (Phi) is 7.52. The number of Topliss-reactive ketones (excluding diaryl/α,β-unsaturated/α-hetero) is 1. The van der Waals surface area contributed by atoms with Crippen molar-refractivity contribution in [2.45, 2.75) is 78.4 Å². The molecule has 5 nitrogen and oxygen atoms in total. The largest absolute Gasteiger partial charge is 0.504 e. The lowest BCUT2D eigenvalue weighted by molar-refractivity contribution is -0.127. The van der Waals surface area contributed by atoms with E-state index in [4.69, 9.17) is 0 Å². The van der Waals surface area contributed by atoms with Crippen LogP contribution in [0.5, 0.6) is 0 Å². The minimum atomic E-state index is -0.909. The SMILES string of the molecule is C=C/C(O)=C(O)\C(=C(/C)CC)C1(CC(=O)CC)CCN(CC2CC2)[C@H](C)C1O. The third-order valence-corrected chi connectivity index (χ3v) is 6.67. The van der Waals surface area contributed by atoms with Crippen LogP contribution in [0.1, 0.15) is 66.2 Å². The van der Waals surface area contributed by atoms with Gasteiger partial charge in [0.2, 0.25) is 0 Å². The van der Waals surface area contributed by atoms with Gasteiger partial charge in [-0.15, -0.1) is 0 Å². The van der Waals surface area contributed by atoms with Crippen LogP contribution in [0, 0.1) is 11.3 Å². The van der Waals surface area contributed by atoms with Gasteiger partial charge in [-0.3, -0.25) is 9.69 Å². The van der Waals surface area contributed by atoms with Gasteiger partial charge in [-0.25, -0.2) is 0 Å². The molecule has 2 unspecified atom stereocenters. The summed E-state index contributed by atoms with van der Waals surface area (Å²) in [5, 5.41) is 32.6. The predicted octanol–water partition coefficient (Wildman–Crippen LogP) is 4.45. The molecule has 1 aliphatic carbocycles. The molecule has 1 heterocycles. The van der Waals surface area contributed by atoms with Gasteiger partial charge < -0.3 is 15.3 Å². The van der Waals surface area contributed by atoms with Gasteiger partial charge in [0.15, 0.2) is 11.5 Å². The van der Waals surface area contributed by atoms with E-state index in [1.807, 2.05) is 27.7 Å². The predicted molar refractivity (Wildman–Crippen MR) is 112 cm³/mol. The topological polar surface area (TPSA) is 81.0 Å². The van der Waals surface area contributed by atoms with E-state index in [1.165, 1.54) is 18.9 Å². The molecular weight excluding hydrogens is 354 g/mol. The molecule has 28 heavy (non-hydrogen) atoms. The molecule has 3 N–H and O–H groups in total. The number of rotatable bonds is 9. The van der Waals surface area contributed by atoms with E-state index in [0.29, 0.717) is 30.8 Å². The first-order chi connectivity index (χ1) is 13.2. The second-order valence-corrected chi connectivity index (χ2v) is 8.55. The molecule has 0 aromatic carbocycles. The highest BCUT2D eigenvalue weighted by Gasteiger charge is 2.51. The first-order valence-electron chi connectivity index (χ1n) is 10.6. The van der Waals surface area contributed by atoms with Crippen LogP contribution in [0.3, 0.4) is 0 Å². The Hall–Kier alpha value is -1.59. The van der Waals surface area contributed by atoms with E-state index < -0.39 is 11.5 Å². The van der Waals surface area contributed by atoms with Gasteiger partial charge in [-0.05, 0) is 58.1 Å². The van der Waals surface area contributed by atoms with Crippen LogP contribution in [0.25, 0.3) is 0 Å². The minimum Gasteiger partial charge on any atom is -0.504 e. The Bertz CT molecular complexity index is 662. The molecular formula is C23H37NO4. The Morgan fingerprint density at radius 3 is 2.39 bits per heavy atom. The van der Waals surface area contributed by atoms with E-state index >= 15 is 0 Å². The fourth-order valence-electron chi connectivity index (χ4n) is 4.54. The molecule has 1 aliphatic heterocycles. The van der Waals surface area contributed by atoms with Crippen molar-refractivity contribution >= 4 is 5.78 Å². The quantitative estimate of drug-likeness (QED) is 0.400. The number of ketones is 1. The summed E-state index contributed by atoms with van der Waals surface area (Å²) in [4.78, 5) is 14.9. The van der Waals surface area contributed by atoms with E-state index in [2.05, 4.69) is 11.5 Å². The van der Waals surface area contributed by atoms with Crippen LogP contribution in [0.4, 0.5) is 0 Å². The zero-order chi connectivity index (χ0) is 21.1. The summed E-state index contributed by atoms with van der Waals surface area (Å²) in [7, 11) is 0. The average Bonchev–Trinajstić information content (AvgIpc) is 3.51. The second kappa shape index (κ2) is 9.27. The smallest absolute Gasteiger partial charge is 0.161 e.